The van der Waals surface area contributed by atoms with Gasteiger partial charge in [0.25, 0.3) is 11.7 Å². The number of carbonyl (C=O) groups is 4. The van der Waals surface area contributed by atoms with Crippen LogP contribution in [0.5, 0.6) is 11.5 Å². The second-order valence-corrected chi connectivity index (χ2v) is 19.6. The average molecular weight is 887 g/mol. The number of esters is 1. The standard InChI is InChI=1S/C49H66N4O11/c1-24(2)23-53-20-18-49(19-21-53)51-36-33-34-39(55)28(6)44-35(33)45(57)48(12,64-44)60-22-17-32(59-13)27(5)42(61-31(9)54)30(8)43-29(7)41(62-47(10,11)63-43)25(3)15-14-16-26(4)46(58)50-38(40(34)56)37(36)52-49/h14-17,22,24-25,27,29-30,32,41-43,52,55H,18-21,23H2,1-13H3,(H,50,58)/b15-14+,22-17+,26-16-/t25-,27+,29+,30-,32-,41-,42+,43+,48-/m0/s1. The van der Waals surface area contributed by atoms with Crippen LogP contribution in [0.4, 0.5) is 0 Å². The highest BCUT2D eigenvalue weighted by Crippen LogP contribution is 2.50. The Morgan fingerprint density at radius 2 is 1.62 bits per heavy atom. The molecule has 7 bridgehead atoms. The summed E-state index contributed by atoms with van der Waals surface area (Å²) < 4.78 is 37.7. The molecular formula is C49H66N4O11. The molecule has 1 aromatic carbocycles. The molecule has 0 saturated carbocycles. The van der Waals surface area contributed by atoms with E-state index in [0.717, 1.165) is 19.6 Å². The van der Waals surface area contributed by atoms with Crippen molar-refractivity contribution in [2.45, 2.75) is 138 Å². The van der Waals surface area contributed by atoms with E-state index >= 15 is 0 Å². The molecular weight excluding hydrogens is 821 g/mol. The minimum Gasteiger partial charge on any atom is -0.507 e. The Balaban J connectivity index is 1.36. The van der Waals surface area contributed by atoms with Crippen LogP contribution < -0.4 is 15.4 Å². The largest absolute Gasteiger partial charge is 0.507 e. The number of rotatable bonds is 4. The Morgan fingerprint density at radius 3 is 2.27 bits per heavy atom. The van der Waals surface area contributed by atoms with Crippen LogP contribution >= 0.6 is 0 Å². The number of ketones is 2. The normalized spacial score (nSPS) is 34.5. The summed E-state index contributed by atoms with van der Waals surface area (Å²) >= 11 is 0. The minimum atomic E-state index is -1.94. The zero-order valence-corrected chi connectivity index (χ0v) is 39.5. The highest BCUT2D eigenvalue weighted by atomic mass is 16.7. The lowest BCUT2D eigenvalue weighted by atomic mass is 9.77. The molecule has 9 atom stereocenters. The molecule has 348 valence electrons. The van der Waals surface area contributed by atoms with E-state index in [-0.39, 0.29) is 69.0 Å². The van der Waals surface area contributed by atoms with E-state index in [1.165, 1.54) is 27.2 Å². The second-order valence-electron chi connectivity index (χ2n) is 19.6. The number of carbonyl (C=O) groups excluding carboxylic acids is 4. The highest BCUT2D eigenvalue weighted by Gasteiger charge is 2.55. The molecule has 64 heavy (non-hydrogen) atoms. The van der Waals surface area contributed by atoms with Gasteiger partial charge in [-0.15, -0.1) is 0 Å². The number of Topliss-reactive ketones (excluding diaryl/α,β-unsaturated/α-hetero) is 2. The molecule has 1 spiro atoms. The Hall–Kier alpha value is -4.83. The number of piperidine rings is 1. The van der Waals surface area contributed by atoms with Crippen LogP contribution in [0.25, 0.3) is 0 Å². The lowest BCUT2D eigenvalue weighted by Gasteiger charge is -2.50. The van der Waals surface area contributed by atoms with Gasteiger partial charge in [-0.2, -0.15) is 0 Å². The highest BCUT2D eigenvalue weighted by molar-refractivity contribution is 6.34. The first kappa shape index (κ1) is 47.1. The van der Waals surface area contributed by atoms with Gasteiger partial charge in [0, 0.05) is 93.8 Å². The van der Waals surface area contributed by atoms with Crippen molar-refractivity contribution in [2.24, 2.45) is 34.6 Å². The quantitative estimate of drug-likeness (QED) is 0.282. The van der Waals surface area contributed by atoms with E-state index < -0.39 is 70.7 Å². The van der Waals surface area contributed by atoms with Gasteiger partial charge in [0.1, 0.15) is 29.0 Å². The van der Waals surface area contributed by atoms with Gasteiger partial charge in [-0.25, -0.2) is 0 Å². The van der Waals surface area contributed by atoms with Gasteiger partial charge in [0.05, 0.1) is 47.1 Å². The molecule has 0 radical (unpaired) electrons. The van der Waals surface area contributed by atoms with Gasteiger partial charge in [-0.3, -0.25) is 24.2 Å². The van der Waals surface area contributed by atoms with Gasteiger partial charge >= 0.3 is 11.8 Å². The molecule has 7 aliphatic rings. The smallest absolute Gasteiger partial charge is 0.312 e. The Kier molecular flexibility index (Phi) is 12.9. The third-order valence-corrected chi connectivity index (χ3v) is 13.7. The fourth-order valence-electron chi connectivity index (χ4n) is 10.4. The summed E-state index contributed by atoms with van der Waals surface area (Å²) in [5.74, 6) is -6.14. The Bertz CT molecular complexity index is 2250. The number of amides is 1. The molecule has 3 N–H and O–H groups in total. The number of phenols is 1. The van der Waals surface area contributed by atoms with Crippen LogP contribution in [0.15, 0.2) is 52.5 Å². The molecule has 2 fully saturated rings. The van der Waals surface area contributed by atoms with Crippen LogP contribution in [-0.4, -0.2) is 108 Å². The molecule has 1 aliphatic carbocycles. The summed E-state index contributed by atoms with van der Waals surface area (Å²) in [6.45, 7) is 24.5. The van der Waals surface area contributed by atoms with Gasteiger partial charge in [-0.05, 0) is 39.7 Å². The fourth-order valence-corrected chi connectivity index (χ4v) is 10.4. The predicted molar refractivity (Wildman–Crippen MR) is 239 cm³/mol. The van der Waals surface area contributed by atoms with Crippen LogP contribution in [0.1, 0.15) is 121 Å². The Labute approximate surface area is 376 Å². The van der Waals surface area contributed by atoms with Crippen LogP contribution in [-0.2, 0) is 33.3 Å². The topological polar surface area (TPSA) is 184 Å². The number of phenolic OH excluding ortho intramolecular Hbond substituents is 1. The van der Waals surface area contributed by atoms with Crippen molar-refractivity contribution in [1.29, 1.82) is 0 Å². The fraction of sp³-hybridized carbons (Fsp3) is 0.612. The predicted octanol–water partition coefficient (Wildman–Crippen LogP) is 6.41. The zero-order valence-electron chi connectivity index (χ0n) is 39.5. The van der Waals surface area contributed by atoms with Crippen molar-refractivity contribution in [3.8, 4) is 11.5 Å². The van der Waals surface area contributed by atoms with E-state index in [2.05, 4.69) is 36.3 Å². The maximum atomic E-state index is 14.8. The summed E-state index contributed by atoms with van der Waals surface area (Å²) in [6.07, 6.45) is 7.51. The molecule has 15 heteroatoms. The number of fused-ring (bicyclic) bond motifs is 9. The SMILES string of the molecule is CO[C@H]1/C=C/O[C@@]2(C)Oc3c(C)c(O)c4c(c3C2=O)C2=NC3(CCN(CC(C)C)CC3)NC2=C(NC(=O)/C(C)=C\C=C\[C@H](C)[C@@H]2OC(C)(C)O[C@@H]([C@@H](C)[C@H](OC(C)=O)[C@@H]1C)[C@@H]2C)C4=O. The number of hydrogen-bond donors (Lipinski definition) is 3. The number of benzene rings is 1. The first-order valence-corrected chi connectivity index (χ1v) is 22.6. The van der Waals surface area contributed by atoms with Crippen molar-refractivity contribution < 1.29 is 52.7 Å². The number of hydrogen-bond acceptors (Lipinski definition) is 14. The number of methoxy groups -OCH3 is 1. The summed E-state index contributed by atoms with van der Waals surface area (Å²) in [5.41, 5.74) is 0.126. The maximum absolute atomic E-state index is 14.8. The summed E-state index contributed by atoms with van der Waals surface area (Å²) in [6, 6.07) is 0. The molecule has 15 nitrogen and oxygen atoms in total. The molecule has 6 aliphatic heterocycles. The number of nitrogens with zero attached hydrogens (tertiary/aromatic N) is 2. The molecule has 6 heterocycles. The Morgan fingerprint density at radius 1 is 0.953 bits per heavy atom. The number of likely N-dealkylation sites (tertiary alicyclic amines) is 1. The van der Waals surface area contributed by atoms with E-state index in [1.54, 1.807) is 32.1 Å². The minimum absolute atomic E-state index is 0.0456. The first-order chi connectivity index (χ1) is 30.0. The van der Waals surface area contributed by atoms with Gasteiger partial charge < -0.3 is 49.1 Å². The van der Waals surface area contributed by atoms with Crippen molar-refractivity contribution in [3.63, 3.8) is 0 Å². The molecule has 1 amide bonds. The summed E-state index contributed by atoms with van der Waals surface area (Å²) in [4.78, 5) is 64.1. The van der Waals surface area contributed by atoms with Crippen molar-refractivity contribution in [2.75, 3.05) is 26.7 Å². The number of ether oxygens (including phenoxy) is 6. The third kappa shape index (κ3) is 8.56. The number of aliphatic imine (C=N–C) groups is 1. The maximum Gasteiger partial charge on any atom is 0.312 e. The lowest BCUT2D eigenvalue weighted by Crippen LogP contribution is -2.56. The third-order valence-electron chi connectivity index (χ3n) is 13.7. The average Bonchev–Trinajstić information content (AvgIpc) is 3.73. The second kappa shape index (κ2) is 17.5. The van der Waals surface area contributed by atoms with E-state index in [1.807, 2.05) is 40.7 Å². The van der Waals surface area contributed by atoms with Gasteiger partial charge in [-0.1, -0.05) is 59.8 Å². The van der Waals surface area contributed by atoms with Gasteiger partial charge in [0.15, 0.2) is 5.79 Å². The van der Waals surface area contributed by atoms with Crippen molar-refractivity contribution in [1.82, 2.24) is 15.5 Å². The van der Waals surface area contributed by atoms with E-state index in [9.17, 15) is 24.3 Å². The number of aromatic hydroxyl groups is 1. The zero-order chi connectivity index (χ0) is 46.8. The van der Waals surface area contributed by atoms with Crippen LogP contribution in [0, 0.1) is 36.5 Å². The number of nitrogens with one attached hydrogen (secondary N) is 2. The molecule has 1 aromatic rings. The lowest BCUT2D eigenvalue weighted by molar-refractivity contribution is -0.336. The van der Waals surface area contributed by atoms with Gasteiger partial charge in [0.2, 0.25) is 5.78 Å². The monoisotopic (exact) mass is 886 g/mol. The van der Waals surface area contributed by atoms with Crippen LogP contribution in [0.3, 0.4) is 0 Å². The molecule has 0 unspecified atom stereocenters. The molecule has 8 rings (SSSR count). The molecule has 2 saturated heterocycles. The van der Waals surface area contributed by atoms with E-state index in [4.69, 9.17) is 33.4 Å². The van der Waals surface area contributed by atoms with E-state index in [0.29, 0.717) is 24.3 Å². The summed E-state index contributed by atoms with van der Waals surface area (Å²) in [7, 11) is 1.54. The van der Waals surface area contributed by atoms with Crippen molar-refractivity contribution in [3.05, 3.63) is 69.8 Å². The first-order valence-electron chi connectivity index (χ1n) is 22.6. The molecule has 0 aromatic heterocycles. The number of allylic oxidation sites excluding steroid dienone is 4. The van der Waals surface area contributed by atoms with Crippen LogP contribution in [0.2, 0.25) is 0 Å². The summed E-state index contributed by atoms with van der Waals surface area (Å²) in [5, 5.41) is 18.3. The van der Waals surface area contributed by atoms with Crippen molar-refractivity contribution >= 4 is 29.2 Å².